The van der Waals surface area contributed by atoms with Crippen LogP contribution in [0, 0.1) is 19.8 Å². The van der Waals surface area contributed by atoms with E-state index in [0.717, 1.165) is 0 Å². The summed E-state index contributed by atoms with van der Waals surface area (Å²) in [6.45, 7) is 10.4. The van der Waals surface area contributed by atoms with Crippen molar-refractivity contribution >= 4 is 17.7 Å². The average Bonchev–Trinajstić information content (AvgIpc) is 2.27. The van der Waals surface area contributed by atoms with Gasteiger partial charge < -0.3 is 5.32 Å². The molecule has 1 rings (SSSR count). The SMILES string of the molecule is Cc1ccc(SCC(=O)NC(C)C(C)C)c(C)c1. The van der Waals surface area contributed by atoms with Crippen molar-refractivity contribution in [3.63, 3.8) is 0 Å². The molecule has 0 aliphatic carbocycles. The minimum absolute atomic E-state index is 0.112. The van der Waals surface area contributed by atoms with Crippen molar-refractivity contribution in [2.24, 2.45) is 5.92 Å². The summed E-state index contributed by atoms with van der Waals surface area (Å²) in [5.41, 5.74) is 2.50. The van der Waals surface area contributed by atoms with Crippen molar-refractivity contribution in [2.45, 2.75) is 45.6 Å². The van der Waals surface area contributed by atoms with Crippen LogP contribution in [0.2, 0.25) is 0 Å². The van der Waals surface area contributed by atoms with E-state index in [-0.39, 0.29) is 11.9 Å². The Balaban J connectivity index is 2.47. The third kappa shape index (κ3) is 4.73. The monoisotopic (exact) mass is 265 g/mol. The van der Waals surface area contributed by atoms with Gasteiger partial charge in [0.25, 0.3) is 0 Å². The smallest absolute Gasteiger partial charge is 0.230 e. The molecule has 0 radical (unpaired) electrons. The first-order valence-corrected chi connectivity index (χ1v) is 7.38. The second-order valence-electron chi connectivity index (χ2n) is 5.16. The number of rotatable bonds is 5. The van der Waals surface area contributed by atoms with Gasteiger partial charge in [-0.15, -0.1) is 11.8 Å². The highest BCUT2D eigenvalue weighted by molar-refractivity contribution is 8.00. The number of hydrogen-bond donors (Lipinski definition) is 1. The Labute approximate surface area is 115 Å². The molecule has 0 heterocycles. The molecule has 1 aromatic carbocycles. The highest BCUT2D eigenvalue weighted by Crippen LogP contribution is 2.22. The molecule has 2 nitrogen and oxygen atoms in total. The molecule has 18 heavy (non-hydrogen) atoms. The normalized spacial score (nSPS) is 12.6. The maximum absolute atomic E-state index is 11.8. The molecule has 1 N–H and O–H groups in total. The van der Waals surface area contributed by atoms with E-state index in [4.69, 9.17) is 0 Å². The van der Waals surface area contributed by atoms with Gasteiger partial charge in [0.05, 0.1) is 5.75 Å². The Morgan fingerprint density at radius 1 is 1.28 bits per heavy atom. The van der Waals surface area contributed by atoms with Crippen LogP contribution in [-0.2, 0) is 4.79 Å². The van der Waals surface area contributed by atoms with Crippen LogP contribution in [-0.4, -0.2) is 17.7 Å². The summed E-state index contributed by atoms with van der Waals surface area (Å²) in [6.07, 6.45) is 0. The maximum Gasteiger partial charge on any atom is 0.230 e. The summed E-state index contributed by atoms with van der Waals surface area (Å²) < 4.78 is 0. The van der Waals surface area contributed by atoms with Gasteiger partial charge >= 0.3 is 0 Å². The lowest BCUT2D eigenvalue weighted by molar-refractivity contribution is -0.119. The number of amides is 1. The summed E-state index contributed by atoms with van der Waals surface area (Å²) >= 11 is 1.61. The first-order chi connectivity index (χ1) is 8.40. The van der Waals surface area contributed by atoms with Crippen molar-refractivity contribution in [3.05, 3.63) is 29.3 Å². The lowest BCUT2D eigenvalue weighted by Gasteiger charge is -2.17. The molecule has 0 bridgehead atoms. The van der Waals surface area contributed by atoms with Gasteiger partial charge in [0, 0.05) is 10.9 Å². The minimum atomic E-state index is 0.112. The predicted octanol–water partition coefficient (Wildman–Crippen LogP) is 3.56. The Kier molecular flexibility index (Phi) is 5.73. The van der Waals surface area contributed by atoms with Gasteiger partial charge in [0.15, 0.2) is 0 Å². The predicted molar refractivity (Wildman–Crippen MR) is 79.1 cm³/mol. The van der Waals surface area contributed by atoms with E-state index in [1.54, 1.807) is 11.8 Å². The number of nitrogens with one attached hydrogen (secondary N) is 1. The van der Waals surface area contributed by atoms with Crippen LogP contribution >= 0.6 is 11.8 Å². The van der Waals surface area contributed by atoms with Crippen LogP contribution in [0.3, 0.4) is 0 Å². The third-order valence-electron chi connectivity index (χ3n) is 3.08. The van der Waals surface area contributed by atoms with Gasteiger partial charge in [-0.05, 0) is 38.3 Å². The summed E-state index contributed by atoms with van der Waals surface area (Å²) in [6, 6.07) is 6.56. The van der Waals surface area contributed by atoms with E-state index >= 15 is 0 Å². The number of aryl methyl sites for hydroxylation is 2. The topological polar surface area (TPSA) is 29.1 Å². The molecule has 1 amide bonds. The summed E-state index contributed by atoms with van der Waals surface area (Å²) in [5, 5.41) is 3.02. The van der Waals surface area contributed by atoms with Gasteiger partial charge in [-0.1, -0.05) is 31.5 Å². The fourth-order valence-electron chi connectivity index (χ4n) is 1.57. The number of thioether (sulfide) groups is 1. The van der Waals surface area contributed by atoms with Crippen LogP contribution in [0.5, 0.6) is 0 Å². The van der Waals surface area contributed by atoms with Crippen molar-refractivity contribution in [1.29, 1.82) is 0 Å². The molecular formula is C15H23NOS. The first kappa shape index (κ1) is 15.1. The fourth-order valence-corrected chi connectivity index (χ4v) is 2.39. The van der Waals surface area contributed by atoms with E-state index in [1.165, 1.54) is 16.0 Å². The molecular weight excluding hydrogens is 242 g/mol. The van der Waals surface area contributed by atoms with Gasteiger partial charge in [-0.25, -0.2) is 0 Å². The zero-order valence-electron chi connectivity index (χ0n) is 11.9. The molecule has 1 unspecified atom stereocenters. The lowest BCUT2D eigenvalue weighted by Crippen LogP contribution is -2.37. The maximum atomic E-state index is 11.8. The van der Waals surface area contributed by atoms with Gasteiger partial charge in [-0.2, -0.15) is 0 Å². The van der Waals surface area contributed by atoms with Gasteiger partial charge in [0.2, 0.25) is 5.91 Å². The van der Waals surface area contributed by atoms with Gasteiger partial charge in [0.1, 0.15) is 0 Å². The molecule has 0 aromatic heterocycles. The third-order valence-corrected chi connectivity index (χ3v) is 4.25. The molecule has 3 heteroatoms. The summed E-state index contributed by atoms with van der Waals surface area (Å²) in [4.78, 5) is 13.0. The molecule has 0 saturated heterocycles. The Bertz CT molecular complexity index is 415. The molecule has 0 spiro atoms. The molecule has 0 aliphatic rings. The van der Waals surface area contributed by atoms with E-state index in [2.05, 4.69) is 51.2 Å². The number of benzene rings is 1. The van der Waals surface area contributed by atoms with Crippen LogP contribution in [0.1, 0.15) is 31.9 Å². The zero-order chi connectivity index (χ0) is 13.7. The molecule has 0 aliphatic heterocycles. The van der Waals surface area contributed by atoms with E-state index in [1.807, 2.05) is 6.92 Å². The van der Waals surface area contributed by atoms with Crippen molar-refractivity contribution in [2.75, 3.05) is 5.75 Å². The van der Waals surface area contributed by atoms with E-state index < -0.39 is 0 Å². The standard InChI is InChI=1S/C15H23NOS/c1-10(2)13(5)16-15(17)9-18-14-7-6-11(3)8-12(14)4/h6-8,10,13H,9H2,1-5H3,(H,16,17). The largest absolute Gasteiger partial charge is 0.353 e. The van der Waals surface area contributed by atoms with Crippen LogP contribution in [0.25, 0.3) is 0 Å². The second-order valence-corrected chi connectivity index (χ2v) is 6.18. The van der Waals surface area contributed by atoms with Crippen LogP contribution in [0.4, 0.5) is 0 Å². The van der Waals surface area contributed by atoms with Crippen LogP contribution < -0.4 is 5.32 Å². The number of carbonyl (C=O) groups is 1. The minimum Gasteiger partial charge on any atom is -0.353 e. The van der Waals surface area contributed by atoms with E-state index in [0.29, 0.717) is 11.7 Å². The van der Waals surface area contributed by atoms with Crippen molar-refractivity contribution in [3.8, 4) is 0 Å². The Morgan fingerprint density at radius 3 is 2.50 bits per heavy atom. The first-order valence-electron chi connectivity index (χ1n) is 6.39. The molecule has 0 fully saturated rings. The number of carbonyl (C=O) groups excluding carboxylic acids is 1. The Morgan fingerprint density at radius 2 is 1.94 bits per heavy atom. The lowest BCUT2D eigenvalue weighted by atomic mass is 10.1. The second kappa shape index (κ2) is 6.83. The molecule has 100 valence electrons. The molecule has 1 aromatic rings. The van der Waals surface area contributed by atoms with Crippen molar-refractivity contribution < 1.29 is 4.79 Å². The summed E-state index contributed by atoms with van der Waals surface area (Å²) in [5.74, 6) is 1.07. The molecule has 1 atom stereocenters. The number of hydrogen-bond acceptors (Lipinski definition) is 2. The summed E-state index contributed by atoms with van der Waals surface area (Å²) in [7, 11) is 0. The molecule has 0 saturated carbocycles. The van der Waals surface area contributed by atoms with E-state index in [9.17, 15) is 4.79 Å². The average molecular weight is 265 g/mol. The zero-order valence-corrected chi connectivity index (χ0v) is 12.7. The van der Waals surface area contributed by atoms with Crippen LogP contribution in [0.15, 0.2) is 23.1 Å². The highest BCUT2D eigenvalue weighted by atomic mass is 32.2. The van der Waals surface area contributed by atoms with Crippen molar-refractivity contribution in [1.82, 2.24) is 5.32 Å². The quantitative estimate of drug-likeness (QED) is 0.825. The highest BCUT2D eigenvalue weighted by Gasteiger charge is 2.11. The fraction of sp³-hybridized carbons (Fsp3) is 0.533. The van der Waals surface area contributed by atoms with Gasteiger partial charge in [-0.3, -0.25) is 4.79 Å². The Hall–Kier alpha value is -0.960.